The smallest absolute Gasteiger partial charge is 0.202 e. The number of carbonyl (C=O) groups excluding carboxylic acids is 1. The van der Waals surface area contributed by atoms with Gasteiger partial charge in [-0.3, -0.25) is 4.79 Å². The van der Waals surface area contributed by atoms with Crippen molar-refractivity contribution in [2.45, 2.75) is 0 Å². The summed E-state index contributed by atoms with van der Waals surface area (Å²) in [5.74, 6) is 0.0360. The molecule has 0 bridgehead atoms. The summed E-state index contributed by atoms with van der Waals surface area (Å²) in [4.78, 5) is 14.2. The lowest BCUT2D eigenvalue weighted by atomic mass is 10.1. The van der Waals surface area contributed by atoms with E-state index in [1.807, 2.05) is 42.5 Å². The van der Waals surface area contributed by atoms with Gasteiger partial charge in [-0.05, 0) is 42.0 Å². The minimum absolute atomic E-state index is 0.0360. The van der Waals surface area contributed by atoms with Crippen LogP contribution < -0.4 is 0 Å². The molecule has 0 amide bonds. The summed E-state index contributed by atoms with van der Waals surface area (Å²) in [6, 6.07) is 20.9. The second-order valence-corrected chi connectivity index (χ2v) is 5.89. The van der Waals surface area contributed by atoms with E-state index in [1.165, 1.54) is 11.3 Å². The van der Waals surface area contributed by atoms with Crippen LogP contribution in [-0.2, 0) is 0 Å². The van der Waals surface area contributed by atoms with Crippen molar-refractivity contribution in [3.05, 3.63) is 82.2 Å². The molecule has 0 aliphatic heterocycles. The Morgan fingerprint density at radius 1 is 0.850 bits per heavy atom. The van der Waals surface area contributed by atoms with Crippen molar-refractivity contribution in [1.29, 1.82) is 0 Å². The first-order valence-corrected chi connectivity index (χ1v) is 7.39. The average molecular weight is 299 g/mol. The van der Waals surface area contributed by atoms with Crippen molar-refractivity contribution in [3.63, 3.8) is 0 Å². The third-order valence-corrected chi connectivity index (χ3v) is 4.38. The summed E-state index contributed by atoms with van der Waals surface area (Å²) in [7, 11) is 0. The Bertz CT molecular complexity index is 729. The summed E-state index contributed by atoms with van der Waals surface area (Å²) in [5.41, 5.74) is 1.79. The van der Waals surface area contributed by atoms with Gasteiger partial charge in [0.25, 0.3) is 0 Å². The molecule has 98 valence electrons. The number of halogens is 1. The van der Waals surface area contributed by atoms with Crippen LogP contribution in [0.1, 0.15) is 15.2 Å². The van der Waals surface area contributed by atoms with Gasteiger partial charge in [-0.25, -0.2) is 0 Å². The third kappa shape index (κ3) is 2.67. The van der Waals surface area contributed by atoms with Crippen LogP contribution in [0, 0.1) is 0 Å². The number of hydrogen-bond donors (Lipinski definition) is 0. The quantitative estimate of drug-likeness (QED) is 0.600. The Kier molecular flexibility index (Phi) is 3.68. The molecule has 0 aliphatic carbocycles. The Morgan fingerprint density at radius 3 is 2.25 bits per heavy atom. The Morgan fingerprint density at radius 2 is 1.55 bits per heavy atom. The number of benzene rings is 2. The molecule has 3 aromatic rings. The molecule has 0 atom stereocenters. The summed E-state index contributed by atoms with van der Waals surface area (Å²) >= 11 is 7.35. The largest absolute Gasteiger partial charge is 0.288 e. The predicted octanol–water partition coefficient (Wildman–Crippen LogP) is 5.30. The Labute approximate surface area is 126 Å². The van der Waals surface area contributed by atoms with Gasteiger partial charge in [0.1, 0.15) is 0 Å². The van der Waals surface area contributed by atoms with Gasteiger partial charge >= 0.3 is 0 Å². The van der Waals surface area contributed by atoms with Gasteiger partial charge < -0.3 is 0 Å². The number of ketones is 1. The van der Waals surface area contributed by atoms with E-state index >= 15 is 0 Å². The van der Waals surface area contributed by atoms with Crippen LogP contribution in [0.25, 0.3) is 10.4 Å². The van der Waals surface area contributed by atoms with Gasteiger partial charge in [-0.15, -0.1) is 11.3 Å². The molecule has 1 nitrogen and oxygen atoms in total. The fourth-order valence-corrected chi connectivity index (χ4v) is 3.06. The van der Waals surface area contributed by atoms with Crippen LogP contribution in [0.5, 0.6) is 0 Å². The lowest BCUT2D eigenvalue weighted by molar-refractivity contribution is 0.104. The van der Waals surface area contributed by atoms with Gasteiger partial charge in [0.05, 0.1) is 4.88 Å². The molecule has 3 rings (SSSR count). The molecule has 2 aromatic carbocycles. The van der Waals surface area contributed by atoms with E-state index in [9.17, 15) is 4.79 Å². The van der Waals surface area contributed by atoms with Gasteiger partial charge in [0.2, 0.25) is 5.78 Å². The summed E-state index contributed by atoms with van der Waals surface area (Å²) in [6.45, 7) is 0. The lowest BCUT2D eigenvalue weighted by Crippen LogP contribution is -1.97. The zero-order valence-electron chi connectivity index (χ0n) is 10.5. The first kappa shape index (κ1) is 13.1. The SMILES string of the molecule is O=C(c1ccc(Cl)cc1)c1ccc(-c2ccccc2)s1. The molecule has 0 fully saturated rings. The van der Waals surface area contributed by atoms with E-state index < -0.39 is 0 Å². The summed E-state index contributed by atoms with van der Waals surface area (Å²) < 4.78 is 0. The predicted molar refractivity (Wildman–Crippen MR) is 84.6 cm³/mol. The van der Waals surface area contributed by atoms with E-state index in [2.05, 4.69) is 0 Å². The maximum atomic E-state index is 12.4. The number of carbonyl (C=O) groups is 1. The van der Waals surface area contributed by atoms with E-state index in [0.29, 0.717) is 10.6 Å². The lowest BCUT2D eigenvalue weighted by Gasteiger charge is -1.98. The molecule has 0 saturated carbocycles. The van der Waals surface area contributed by atoms with Gasteiger partial charge in [0.15, 0.2) is 0 Å². The maximum absolute atomic E-state index is 12.4. The molecule has 20 heavy (non-hydrogen) atoms. The first-order chi connectivity index (χ1) is 9.74. The fourth-order valence-electron chi connectivity index (χ4n) is 1.96. The standard InChI is InChI=1S/C17H11ClOS/c18-14-8-6-13(7-9-14)17(19)16-11-10-15(20-16)12-4-2-1-3-5-12/h1-11H. The monoisotopic (exact) mass is 298 g/mol. The number of thiophene rings is 1. The second kappa shape index (κ2) is 5.61. The fraction of sp³-hybridized carbons (Fsp3) is 0. The Hall–Kier alpha value is -1.90. The van der Waals surface area contributed by atoms with E-state index in [0.717, 1.165) is 15.3 Å². The van der Waals surface area contributed by atoms with E-state index in [1.54, 1.807) is 24.3 Å². The van der Waals surface area contributed by atoms with Crippen molar-refractivity contribution in [3.8, 4) is 10.4 Å². The van der Waals surface area contributed by atoms with Crippen molar-refractivity contribution in [1.82, 2.24) is 0 Å². The first-order valence-electron chi connectivity index (χ1n) is 6.19. The van der Waals surface area contributed by atoms with E-state index in [-0.39, 0.29) is 5.78 Å². The zero-order chi connectivity index (χ0) is 13.9. The van der Waals surface area contributed by atoms with Crippen molar-refractivity contribution >= 4 is 28.7 Å². The molecule has 0 spiro atoms. The zero-order valence-corrected chi connectivity index (χ0v) is 12.1. The Balaban J connectivity index is 1.90. The minimum Gasteiger partial charge on any atom is -0.288 e. The van der Waals surface area contributed by atoms with Crippen molar-refractivity contribution < 1.29 is 4.79 Å². The molecular formula is C17H11ClOS. The van der Waals surface area contributed by atoms with Crippen LogP contribution in [-0.4, -0.2) is 5.78 Å². The maximum Gasteiger partial charge on any atom is 0.202 e. The van der Waals surface area contributed by atoms with Gasteiger partial charge in [-0.2, -0.15) is 0 Å². The van der Waals surface area contributed by atoms with Crippen LogP contribution in [0.4, 0.5) is 0 Å². The second-order valence-electron chi connectivity index (χ2n) is 4.37. The molecular weight excluding hydrogens is 288 g/mol. The molecule has 0 unspecified atom stereocenters. The molecule has 1 heterocycles. The third-order valence-electron chi connectivity index (χ3n) is 2.99. The highest BCUT2D eigenvalue weighted by Gasteiger charge is 2.12. The van der Waals surface area contributed by atoms with Crippen molar-refractivity contribution in [2.75, 3.05) is 0 Å². The van der Waals surface area contributed by atoms with Crippen LogP contribution >= 0.6 is 22.9 Å². The highest BCUT2D eigenvalue weighted by molar-refractivity contribution is 7.17. The summed E-state index contributed by atoms with van der Waals surface area (Å²) in [6.07, 6.45) is 0. The number of rotatable bonds is 3. The summed E-state index contributed by atoms with van der Waals surface area (Å²) in [5, 5.41) is 0.637. The van der Waals surface area contributed by atoms with Gasteiger partial charge in [0, 0.05) is 15.5 Å². The molecule has 1 aromatic heterocycles. The highest BCUT2D eigenvalue weighted by atomic mass is 35.5. The highest BCUT2D eigenvalue weighted by Crippen LogP contribution is 2.29. The molecule has 0 saturated heterocycles. The van der Waals surface area contributed by atoms with Crippen LogP contribution in [0.3, 0.4) is 0 Å². The normalized spacial score (nSPS) is 10.4. The molecule has 0 N–H and O–H groups in total. The minimum atomic E-state index is 0.0360. The van der Waals surface area contributed by atoms with E-state index in [4.69, 9.17) is 11.6 Å². The van der Waals surface area contributed by atoms with Crippen LogP contribution in [0.15, 0.2) is 66.7 Å². The van der Waals surface area contributed by atoms with Gasteiger partial charge in [-0.1, -0.05) is 41.9 Å². The molecule has 0 aliphatic rings. The molecule has 3 heteroatoms. The van der Waals surface area contributed by atoms with Crippen LogP contribution in [0.2, 0.25) is 5.02 Å². The number of hydrogen-bond acceptors (Lipinski definition) is 2. The molecule has 0 radical (unpaired) electrons. The average Bonchev–Trinajstić information content (AvgIpc) is 2.98. The topological polar surface area (TPSA) is 17.1 Å². The van der Waals surface area contributed by atoms with Crippen molar-refractivity contribution in [2.24, 2.45) is 0 Å².